The molecule has 3 amide bonds. The molecule has 1 aromatic rings. The number of aliphatic hydroxyl groups excluding tert-OH is 1. The van der Waals surface area contributed by atoms with E-state index in [-0.39, 0.29) is 24.9 Å². The Labute approximate surface area is 204 Å². The van der Waals surface area contributed by atoms with E-state index in [1.807, 2.05) is 52.0 Å². The van der Waals surface area contributed by atoms with Gasteiger partial charge in [0.05, 0.1) is 12.1 Å². The highest BCUT2D eigenvalue weighted by molar-refractivity contribution is 9.10. The summed E-state index contributed by atoms with van der Waals surface area (Å²) >= 11 is 3.39. The molecule has 4 atom stereocenters. The van der Waals surface area contributed by atoms with Gasteiger partial charge in [-0.3, -0.25) is 9.59 Å². The Bertz CT molecular complexity index is 860. The first-order chi connectivity index (χ1) is 15.1. The van der Waals surface area contributed by atoms with Crippen molar-refractivity contribution in [2.75, 3.05) is 6.54 Å². The van der Waals surface area contributed by atoms with Crippen LogP contribution in [0.15, 0.2) is 28.7 Å². The van der Waals surface area contributed by atoms with E-state index in [1.54, 1.807) is 20.8 Å². The molecule has 1 saturated heterocycles. The molecule has 3 N–H and O–H groups in total. The highest BCUT2D eigenvalue weighted by Gasteiger charge is 2.45. The summed E-state index contributed by atoms with van der Waals surface area (Å²) in [6.07, 6.45) is -1.40. The predicted octanol–water partition coefficient (Wildman–Crippen LogP) is 3.53. The maximum atomic E-state index is 13.5. The van der Waals surface area contributed by atoms with Crippen molar-refractivity contribution in [2.45, 2.75) is 84.7 Å². The number of hydrogen-bond donors (Lipinski definition) is 3. The van der Waals surface area contributed by atoms with Crippen LogP contribution in [-0.2, 0) is 14.3 Å². The number of nitrogens with one attached hydrogen (secondary N) is 2. The molecule has 1 fully saturated rings. The Balaban J connectivity index is 2.18. The number of halogens is 1. The topological polar surface area (TPSA) is 108 Å². The van der Waals surface area contributed by atoms with Crippen molar-refractivity contribution in [3.8, 4) is 0 Å². The van der Waals surface area contributed by atoms with E-state index in [1.165, 1.54) is 4.90 Å². The van der Waals surface area contributed by atoms with Gasteiger partial charge in [0.2, 0.25) is 11.8 Å². The molecule has 184 valence electrons. The van der Waals surface area contributed by atoms with Crippen LogP contribution in [0.4, 0.5) is 4.79 Å². The van der Waals surface area contributed by atoms with E-state index in [2.05, 4.69) is 26.6 Å². The molecule has 1 unspecified atom stereocenters. The van der Waals surface area contributed by atoms with Crippen LogP contribution in [0.5, 0.6) is 0 Å². The lowest BCUT2D eigenvalue weighted by molar-refractivity contribution is -0.142. The van der Waals surface area contributed by atoms with E-state index in [9.17, 15) is 19.5 Å². The van der Waals surface area contributed by atoms with Crippen molar-refractivity contribution in [3.63, 3.8) is 0 Å². The third kappa shape index (κ3) is 7.71. The van der Waals surface area contributed by atoms with Gasteiger partial charge in [-0.1, -0.05) is 48.8 Å². The van der Waals surface area contributed by atoms with E-state index in [0.717, 1.165) is 10.0 Å². The summed E-state index contributed by atoms with van der Waals surface area (Å²) in [4.78, 5) is 40.4. The first kappa shape index (κ1) is 27.1. The highest BCUT2D eigenvalue weighted by atomic mass is 79.9. The molecule has 0 bridgehead atoms. The number of ether oxygens (including phenoxy) is 1. The molecule has 0 saturated carbocycles. The van der Waals surface area contributed by atoms with Crippen LogP contribution >= 0.6 is 15.9 Å². The molecule has 1 heterocycles. The van der Waals surface area contributed by atoms with Gasteiger partial charge in [0.15, 0.2) is 0 Å². The van der Waals surface area contributed by atoms with Crippen LogP contribution in [0.3, 0.4) is 0 Å². The van der Waals surface area contributed by atoms with Gasteiger partial charge in [0, 0.05) is 17.4 Å². The summed E-state index contributed by atoms with van der Waals surface area (Å²) < 4.78 is 6.27. The first-order valence-corrected chi connectivity index (χ1v) is 11.9. The van der Waals surface area contributed by atoms with E-state index < -0.39 is 41.2 Å². The molecule has 0 radical (unpaired) electrons. The second-order valence-corrected chi connectivity index (χ2v) is 11.5. The van der Waals surface area contributed by atoms with Gasteiger partial charge in [-0.25, -0.2) is 4.79 Å². The average Bonchev–Trinajstić information content (AvgIpc) is 3.05. The maximum absolute atomic E-state index is 13.5. The molecule has 0 aliphatic carbocycles. The number of aliphatic hydroxyl groups is 1. The lowest BCUT2D eigenvalue weighted by Crippen LogP contribution is -2.58. The Hall–Kier alpha value is -2.13. The predicted molar refractivity (Wildman–Crippen MR) is 129 cm³/mol. The summed E-state index contributed by atoms with van der Waals surface area (Å²) in [5.74, 6) is -0.776. The quantitative estimate of drug-likeness (QED) is 0.544. The van der Waals surface area contributed by atoms with E-state index >= 15 is 0 Å². The minimum Gasteiger partial charge on any atom is -0.444 e. The number of β-amino-alcohol motifs (C(OH)–C–C–N with tert-alkyl or cyclic N) is 1. The molecule has 33 heavy (non-hydrogen) atoms. The minimum absolute atomic E-state index is 0.0200. The summed E-state index contributed by atoms with van der Waals surface area (Å²) in [7, 11) is 0. The van der Waals surface area contributed by atoms with Crippen LogP contribution in [0, 0.1) is 5.41 Å². The second kappa shape index (κ2) is 10.4. The SMILES string of the molecule is C[C@H](NC(=O)[C@@H]1C[C@@H](O)CN1C(=O)C(NC(=O)OC(C)(C)C)C(C)(C)C)c1ccc(Br)cc1. The molecular weight excluding hydrogens is 490 g/mol. The number of alkyl carbamates (subject to hydrolysis) is 1. The number of nitrogens with zero attached hydrogens (tertiary/aromatic N) is 1. The molecule has 1 aliphatic heterocycles. The fraction of sp³-hybridized carbons (Fsp3) is 0.625. The van der Waals surface area contributed by atoms with Crippen LogP contribution in [0.2, 0.25) is 0 Å². The summed E-state index contributed by atoms with van der Waals surface area (Å²) in [5.41, 5.74) is -0.444. The zero-order valence-corrected chi connectivity index (χ0v) is 22.0. The van der Waals surface area contributed by atoms with Crippen LogP contribution in [-0.4, -0.2) is 58.2 Å². The summed E-state index contributed by atoms with van der Waals surface area (Å²) in [5, 5.41) is 15.9. The van der Waals surface area contributed by atoms with Crippen molar-refractivity contribution in [2.24, 2.45) is 5.41 Å². The standard InChI is InChI=1S/C24H36BrN3O5/c1-14(15-8-10-16(25)11-9-15)26-20(30)18-12-17(29)13-28(18)21(31)19(23(2,3)4)27-22(32)33-24(5,6)7/h8-11,14,17-19,29H,12-13H2,1-7H3,(H,26,30)(H,27,32)/t14-,17+,18-,19?/m0/s1. The van der Waals surface area contributed by atoms with Gasteiger partial charge in [0.25, 0.3) is 0 Å². The number of amides is 3. The number of carbonyl (C=O) groups excluding carboxylic acids is 3. The van der Waals surface area contributed by atoms with Crippen molar-refractivity contribution < 1.29 is 24.2 Å². The van der Waals surface area contributed by atoms with Crippen molar-refractivity contribution >= 4 is 33.8 Å². The smallest absolute Gasteiger partial charge is 0.408 e. The average molecular weight is 526 g/mol. The normalized spacial score (nSPS) is 20.7. The van der Waals surface area contributed by atoms with Crippen LogP contribution < -0.4 is 10.6 Å². The third-order valence-electron chi connectivity index (χ3n) is 5.37. The fourth-order valence-corrected chi connectivity index (χ4v) is 3.95. The van der Waals surface area contributed by atoms with Crippen molar-refractivity contribution in [1.82, 2.24) is 15.5 Å². The number of benzene rings is 1. The number of likely N-dealkylation sites (tertiary alicyclic amines) is 1. The van der Waals surface area contributed by atoms with E-state index in [4.69, 9.17) is 4.74 Å². The lowest BCUT2D eigenvalue weighted by Gasteiger charge is -2.35. The summed E-state index contributed by atoms with van der Waals surface area (Å²) in [6, 6.07) is 5.54. The minimum atomic E-state index is -0.933. The number of hydrogen-bond acceptors (Lipinski definition) is 5. The molecule has 1 aromatic carbocycles. The maximum Gasteiger partial charge on any atom is 0.408 e. The van der Waals surface area contributed by atoms with Crippen LogP contribution in [0.25, 0.3) is 0 Å². The molecule has 0 spiro atoms. The van der Waals surface area contributed by atoms with Crippen LogP contribution in [0.1, 0.15) is 66.5 Å². The molecular formula is C24H36BrN3O5. The molecule has 1 aliphatic rings. The van der Waals surface area contributed by atoms with E-state index in [0.29, 0.717) is 0 Å². The molecule has 0 aromatic heterocycles. The Morgan fingerprint density at radius 2 is 1.67 bits per heavy atom. The van der Waals surface area contributed by atoms with Gasteiger partial charge in [-0.2, -0.15) is 0 Å². The van der Waals surface area contributed by atoms with Gasteiger partial charge in [-0.15, -0.1) is 0 Å². The van der Waals surface area contributed by atoms with Gasteiger partial charge in [-0.05, 0) is 50.8 Å². The molecule has 2 rings (SSSR count). The Morgan fingerprint density at radius 3 is 2.18 bits per heavy atom. The second-order valence-electron chi connectivity index (χ2n) is 10.6. The number of carbonyl (C=O) groups is 3. The first-order valence-electron chi connectivity index (χ1n) is 11.1. The Morgan fingerprint density at radius 1 is 1.09 bits per heavy atom. The fourth-order valence-electron chi connectivity index (χ4n) is 3.69. The zero-order valence-electron chi connectivity index (χ0n) is 20.4. The van der Waals surface area contributed by atoms with Crippen molar-refractivity contribution in [1.29, 1.82) is 0 Å². The third-order valence-corrected chi connectivity index (χ3v) is 5.90. The number of rotatable bonds is 5. The zero-order chi connectivity index (χ0) is 25.1. The molecule has 8 nitrogen and oxygen atoms in total. The van der Waals surface area contributed by atoms with Crippen molar-refractivity contribution in [3.05, 3.63) is 34.3 Å². The summed E-state index contributed by atoms with van der Waals surface area (Å²) in [6.45, 7) is 12.6. The largest absolute Gasteiger partial charge is 0.444 e. The monoisotopic (exact) mass is 525 g/mol. The highest BCUT2D eigenvalue weighted by Crippen LogP contribution is 2.27. The van der Waals surface area contributed by atoms with Gasteiger partial charge >= 0.3 is 6.09 Å². The molecule has 9 heteroatoms. The van der Waals surface area contributed by atoms with Gasteiger partial charge in [0.1, 0.15) is 17.7 Å². The Kier molecular flexibility index (Phi) is 8.57. The van der Waals surface area contributed by atoms with Gasteiger partial charge < -0.3 is 25.4 Å². The lowest BCUT2D eigenvalue weighted by atomic mass is 9.85.